The number of hydrogen-bond acceptors (Lipinski definition) is 6. The van der Waals surface area contributed by atoms with Crippen molar-refractivity contribution in [3.8, 4) is 11.4 Å². The molecule has 7 heteroatoms. The van der Waals surface area contributed by atoms with Crippen LogP contribution in [0.25, 0.3) is 11.4 Å². The summed E-state index contributed by atoms with van der Waals surface area (Å²) in [4.78, 5) is 28.4. The molecule has 1 saturated heterocycles. The van der Waals surface area contributed by atoms with Crippen LogP contribution >= 0.6 is 0 Å². The van der Waals surface area contributed by atoms with Gasteiger partial charge in [-0.1, -0.05) is 30.3 Å². The Labute approximate surface area is 195 Å². The maximum Gasteiger partial charge on any atom is 0.246 e. The van der Waals surface area contributed by atoms with Gasteiger partial charge in [0.05, 0.1) is 11.7 Å². The van der Waals surface area contributed by atoms with Gasteiger partial charge in [-0.05, 0) is 56.5 Å². The average Bonchev–Trinajstić information content (AvgIpc) is 2.85. The number of carbonyl (C=O) groups is 1. The Balaban J connectivity index is 1.36. The molecule has 1 N–H and O–H groups in total. The molecule has 3 heterocycles. The van der Waals surface area contributed by atoms with Crippen LogP contribution < -0.4 is 5.32 Å². The van der Waals surface area contributed by atoms with E-state index in [9.17, 15) is 4.79 Å². The second-order valence-electron chi connectivity index (χ2n) is 8.58. The van der Waals surface area contributed by atoms with E-state index in [1.165, 1.54) is 12.7 Å². The lowest BCUT2D eigenvalue weighted by atomic mass is 9.87. The lowest BCUT2D eigenvalue weighted by Gasteiger charge is -2.36. The van der Waals surface area contributed by atoms with Gasteiger partial charge in [-0.2, -0.15) is 0 Å². The van der Waals surface area contributed by atoms with Crippen LogP contribution in [0.5, 0.6) is 0 Å². The molecule has 4 rings (SSSR count). The smallest absolute Gasteiger partial charge is 0.246 e. The molecule has 33 heavy (non-hydrogen) atoms. The highest BCUT2D eigenvalue weighted by Gasteiger charge is 2.29. The standard InChI is InChI=1S/C26H31N5O2/c1-19-7-3-4-8-22(19)26-28-15-20(16-29-26)17-31-13-10-21(11-14-31)25(30-24(32)18-33-2)23-9-5-6-12-27-23/h3-9,12,15-16,21,25H,10-11,13-14,17-18H2,1-2H3,(H,30,32). The third kappa shape index (κ3) is 6.00. The van der Waals surface area contributed by atoms with E-state index in [2.05, 4.69) is 44.2 Å². The second-order valence-corrected chi connectivity index (χ2v) is 8.58. The molecule has 0 radical (unpaired) electrons. The zero-order chi connectivity index (χ0) is 23.0. The van der Waals surface area contributed by atoms with Crippen molar-refractivity contribution in [2.45, 2.75) is 32.4 Å². The van der Waals surface area contributed by atoms with Gasteiger partial charge in [0.2, 0.25) is 5.91 Å². The van der Waals surface area contributed by atoms with Crippen molar-refractivity contribution in [1.29, 1.82) is 0 Å². The highest BCUT2D eigenvalue weighted by atomic mass is 16.5. The molecule has 172 valence electrons. The first-order chi connectivity index (χ1) is 16.1. The van der Waals surface area contributed by atoms with Crippen molar-refractivity contribution < 1.29 is 9.53 Å². The predicted octanol–water partition coefficient (Wildman–Crippen LogP) is 3.56. The lowest BCUT2D eigenvalue weighted by Crippen LogP contribution is -2.41. The van der Waals surface area contributed by atoms with Gasteiger partial charge < -0.3 is 10.1 Å². The van der Waals surface area contributed by atoms with Crippen LogP contribution in [-0.2, 0) is 16.1 Å². The summed E-state index contributed by atoms with van der Waals surface area (Å²) in [5, 5.41) is 3.13. The number of aryl methyl sites for hydroxylation is 1. The Morgan fingerprint density at radius 3 is 2.48 bits per heavy atom. The Kier molecular flexibility index (Phi) is 7.75. The molecule has 1 aromatic carbocycles. The highest BCUT2D eigenvalue weighted by molar-refractivity contribution is 5.77. The molecular formula is C26H31N5O2. The van der Waals surface area contributed by atoms with E-state index in [-0.39, 0.29) is 18.6 Å². The monoisotopic (exact) mass is 445 g/mol. The quantitative estimate of drug-likeness (QED) is 0.571. The summed E-state index contributed by atoms with van der Waals surface area (Å²) >= 11 is 0. The normalized spacial score (nSPS) is 15.8. The first-order valence-corrected chi connectivity index (χ1v) is 11.4. The number of ether oxygens (including phenoxy) is 1. The molecule has 0 aliphatic carbocycles. The van der Waals surface area contributed by atoms with Crippen LogP contribution in [-0.4, -0.2) is 52.6 Å². The number of piperidine rings is 1. The van der Waals surface area contributed by atoms with Crippen LogP contribution in [0.2, 0.25) is 0 Å². The van der Waals surface area contributed by atoms with Gasteiger partial charge in [0.1, 0.15) is 6.61 Å². The summed E-state index contributed by atoms with van der Waals surface area (Å²) in [5.74, 6) is 0.985. The van der Waals surface area contributed by atoms with E-state index < -0.39 is 0 Å². The first-order valence-electron chi connectivity index (χ1n) is 11.4. The predicted molar refractivity (Wildman–Crippen MR) is 127 cm³/mol. The number of pyridine rings is 1. The third-order valence-electron chi connectivity index (χ3n) is 6.20. The molecule has 7 nitrogen and oxygen atoms in total. The number of nitrogens with zero attached hydrogens (tertiary/aromatic N) is 4. The van der Waals surface area contributed by atoms with Gasteiger partial charge in [-0.25, -0.2) is 9.97 Å². The van der Waals surface area contributed by atoms with Crippen LogP contribution in [0, 0.1) is 12.8 Å². The summed E-state index contributed by atoms with van der Waals surface area (Å²) in [6, 6.07) is 13.9. The van der Waals surface area contributed by atoms with Gasteiger partial charge >= 0.3 is 0 Å². The molecule has 3 aromatic rings. The number of methoxy groups -OCH3 is 1. The summed E-state index contributed by atoms with van der Waals surface area (Å²) in [6.07, 6.45) is 7.61. The van der Waals surface area contributed by atoms with E-state index in [0.29, 0.717) is 5.92 Å². The zero-order valence-electron chi connectivity index (χ0n) is 19.3. The van der Waals surface area contributed by atoms with Crippen LogP contribution in [0.4, 0.5) is 0 Å². The second kappa shape index (κ2) is 11.1. The molecule has 0 bridgehead atoms. The third-order valence-corrected chi connectivity index (χ3v) is 6.20. The SMILES string of the molecule is COCC(=O)NC(c1ccccn1)C1CCN(Cc2cnc(-c3ccccc3C)nc2)CC1. The Morgan fingerprint density at radius 2 is 1.82 bits per heavy atom. The number of rotatable bonds is 8. The number of likely N-dealkylation sites (tertiary alicyclic amines) is 1. The molecule has 1 fully saturated rings. The summed E-state index contributed by atoms with van der Waals surface area (Å²) in [6.45, 7) is 4.86. The van der Waals surface area contributed by atoms with Crippen LogP contribution in [0.1, 0.15) is 35.7 Å². The van der Waals surface area contributed by atoms with Gasteiger partial charge in [-0.15, -0.1) is 0 Å². The van der Waals surface area contributed by atoms with Gasteiger partial charge in [-0.3, -0.25) is 14.7 Å². The topological polar surface area (TPSA) is 80.2 Å². The Morgan fingerprint density at radius 1 is 1.09 bits per heavy atom. The fourth-order valence-electron chi connectivity index (χ4n) is 4.44. The summed E-state index contributed by atoms with van der Waals surface area (Å²) < 4.78 is 5.00. The van der Waals surface area contributed by atoms with E-state index >= 15 is 0 Å². The van der Waals surface area contributed by atoms with Gasteiger partial charge in [0.25, 0.3) is 0 Å². The lowest BCUT2D eigenvalue weighted by molar-refractivity contribution is -0.126. The zero-order valence-corrected chi connectivity index (χ0v) is 19.3. The fraction of sp³-hybridized carbons (Fsp3) is 0.385. The number of amides is 1. The molecule has 1 amide bonds. The largest absolute Gasteiger partial charge is 0.375 e. The van der Waals surface area contributed by atoms with E-state index in [4.69, 9.17) is 4.74 Å². The van der Waals surface area contributed by atoms with Gasteiger partial charge in [0.15, 0.2) is 5.82 Å². The highest BCUT2D eigenvalue weighted by Crippen LogP contribution is 2.30. The molecule has 0 saturated carbocycles. The number of hydrogen-bond donors (Lipinski definition) is 1. The molecule has 1 aliphatic rings. The molecule has 1 atom stereocenters. The average molecular weight is 446 g/mol. The summed E-state index contributed by atoms with van der Waals surface area (Å²) in [7, 11) is 1.53. The van der Waals surface area contributed by atoms with Crippen molar-refractivity contribution in [3.05, 3.63) is 77.9 Å². The van der Waals surface area contributed by atoms with Crippen molar-refractivity contribution >= 4 is 5.91 Å². The van der Waals surface area contributed by atoms with Crippen molar-refractivity contribution in [2.75, 3.05) is 26.8 Å². The maximum atomic E-state index is 12.2. The fourth-order valence-corrected chi connectivity index (χ4v) is 4.44. The summed E-state index contributed by atoms with van der Waals surface area (Å²) in [5.41, 5.74) is 4.26. The minimum Gasteiger partial charge on any atom is -0.375 e. The van der Waals surface area contributed by atoms with E-state index in [1.54, 1.807) is 6.20 Å². The van der Waals surface area contributed by atoms with E-state index in [1.807, 2.05) is 42.7 Å². The van der Waals surface area contributed by atoms with Crippen LogP contribution in [0.15, 0.2) is 61.1 Å². The maximum absolute atomic E-state index is 12.2. The van der Waals surface area contributed by atoms with Crippen molar-refractivity contribution in [3.63, 3.8) is 0 Å². The Bertz CT molecular complexity index is 1030. The molecule has 0 spiro atoms. The number of carbonyl (C=O) groups excluding carboxylic acids is 1. The first kappa shape index (κ1) is 23.0. The molecular weight excluding hydrogens is 414 g/mol. The number of nitrogens with one attached hydrogen (secondary N) is 1. The van der Waals surface area contributed by atoms with Gasteiger partial charge in [0, 0.05) is 43.4 Å². The Hall–Kier alpha value is -3.16. The van der Waals surface area contributed by atoms with Crippen LogP contribution in [0.3, 0.4) is 0 Å². The molecule has 1 unspecified atom stereocenters. The minimum atomic E-state index is -0.110. The number of benzene rings is 1. The number of aromatic nitrogens is 3. The molecule has 2 aromatic heterocycles. The minimum absolute atomic E-state index is 0.0562. The van der Waals surface area contributed by atoms with Crippen molar-refractivity contribution in [1.82, 2.24) is 25.2 Å². The van der Waals surface area contributed by atoms with E-state index in [0.717, 1.165) is 55.1 Å². The molecule has 1 aliphatic heterocycles. The van der Waals surface area contributed by atoms with Crippen molar-refractivity contribution in [2.24, 2.45) is 5.92 Å².